The van der Waals surface area contributed by atoms with Gasteiger partial charge in [-0.15, -0.1) is 0 Å². The van der Waals surface area contributed by atoms with Crippen LogP contribution in [0, 0.1) is 17.1 Å². The first kappa shape index (κ1) is 29.5. The molecule has 0 spiro atoms. The Labute approximate surface area is 243 Å². The predicted molar refractivity (Wildman–Crippen MR) is 151 cm³/mol. The molecule has 0 aliphatic heterocycles. The number of halogens is 4. The molecule has 1 aliphatic carbocycles. The lowest BCUT2D eigenvalue weighted by Gasteiger charge is -2.21. The van der Waals surface area contributed by atoms with E-state index in [-0.39, 0.29) is 23.1 Å². The van der Waals surface area contributed by atoms with Gasteiger partial charge < -0.3 is 15.7 Å². The van der Waals surface area contributed by atoms with E-state index in [4.69, 9.17) is 5.41 Å². The highest BCUT2D eigenvalue weighted by atomic mass is 19.4. The fraction of sp³-hybridized carbons (Fsp3) is 0.200. The topological polar surface area (TPSA) is 123 Å². The van der Waals surface area contributed by atoms with Crippen molar-refractivity contribution in [3.05, 3.63) is 107 Å². The molecule has 4 N–H and O–H groups in total. The second-order valence-corrected chi connectivity index (χ2v) is 10.0. The zero-order chi connectivity index (χ0) is 30.7. The fourth-order valence-electron chi connectivity index (χ4n) is 4.58. The number of benzene rings is 3. The van der Waals surface area contributed by atoms with Crippen LogP contribution < -0.4 is 15.5 Å². The molecule has 1 unspecified atom stereocenters. The van der Waals surface area contributed by atoms with Crippen LogP contribution in [0.25, 0.3) is 5.69 Å². The zero-order valence-electron chi connectivity index (χ0n) is 22.5. The molecule has 43 heavy (non-hydrogen) atoms. The summed E-state index contributed by atoms with van der Waals surface area (Å²) in [5.74, 6) is -1.32. The summed E-state index contributed by atoms with van der Waals surface area (Å²) in [4.78, 5) is 25.4. The monoisotopic (exact) mass is 594 g/mol. The summed E-state index contributed by atoms with van der Waals surface area (Å²) in [5.41, 5.74) is -0.798. The zero-order valence-corrected chi connectivity index (χ0v) is 22.5. The van der Waals surface area contributed by atoms with Crippen LogP contribution >= 0.6 is 0 Å². The molecule has 1 aliphatic rings. The Kier molecular flexibility index (Phi) is 8.26. The third-order valence-corrected chi connectivity index (χ3v) is 6.93. The maximum absolute atomic E-state index is 15.0. The second-order valence-electron chi connectivity index (χ2n) is 10.0. The van der Waals surface area contributed by atoms with Crippen LogP contribution in [-0.2, 0) is 6.18 Å². The summed E-state index contributed by atoms with van der Waals surface area (Å²) in [6.45, 7) is 0.744. The molecule has 1 fully saturated rings. The van der Waals surface area contributed by atoms with Gasteiger partial charge in [0.15, 0.2) is 5.69 Å². The van der Waals surface area contributed by atoms with Crippen molar-refractivity contribution < 1.29 is 32.3 Å². The Morgan fingerprint density at radius 2 is 1.79 bits per heavy atom. The van der Waals surface area contributed by atoms with Gasteiger partial charge >= 0.3 is 12.3 Å². The van der Waals surface area contributed by atoms with E-state index in [1.807, 2.05) is 30.3 Å². The lowest BCUT2D eigenvalue weighted by Crippen LogP contribution is -2.27. The van der Waals surface area contributed by atoms with E-state index in [1.165, 1.54) is 30.3 Å². The van der Waals surface area contributed by atoms with Gasteiger partial charge in [0.05, 0.1) is 29.4 Å². The first-order chi connectivity index (χ1) is 20.5. The predicted octanol–water partition coefficient (Wildman–Crippen LogP) is 6.46. The van der Waals surface area contributed by atoms with Gasteiger partial charge in [-0.3, -0.25) is 10.2 Å². The Balaban J connectivity index is 1.50. The maximum Gasteiger partial charge on any atom is 0.435 e. The molecule has 2 amide bonds. The number of carboxylic acid groups (broad SMARTS) is 1. The summed E-state index contributed by atoms with van der Waals surface area (Å²) in [5, 5.41) is 26.1. The number of carbonyl (C=O) groups excluding carboxylic acids is 1. The molecular formula is C30H26F4N6O3. The summed E-state index contributed by atoms with van der Waals surface area (Å²) < 4.78 is 56.7. The van der Waals surface area contributed by atoms with Crippen molar-refractivity contribution in [2.24, 2.45) is 5.92 Å². The molecule has 5 rings (SSSR count). The molecule has 222 valence electrons. The fourth-order valence-corrected chi connectivity index (χ4v) is 4.58. The minimum Gasteiger partial charge on any atom is -0.464 e. The highest BCUT2D eigenvalue weighted by Gasteiger charge is 2.36. The molecule has 0 radical (unpaired) electrons. The van der Waals surface area contributed by atoms with Crippen LogP contribution in [0.1, 0.15) is 46.2 Å². The number of anilines is 2. The van der Waals surface area contributed by atoms with Crippen LogP contribution in [0.3, 0.4) is 0 Å². The summed E-state index contributed by atoms with van der Waals surface area (Å²) in [6, 6.07) is 19.0. The third-order valence-electron chi connectivity index (χ3n) is 6.93. The van der Waals surface area contributed by atoms with Crippen molar-refractivity contribution in [1.82, 2.24) is 15.1 Å². The van der Waals surface area contributed by atoms with Gasteiger partial charge in [0.25, 0.3) is 5.91 Å². The van der Waals surface area contributed by atoms with Crippen LogP contribution in [0.4, 0.5) is 33.7 Å². The van der Waals surface area contributed by atoms with Gasteiger partial charge in [0.2, 0.25) is 0 Å². The molecule has 1 atom stereocenters. The largest absolute Gasteiger partial charge is 0.464 e. The summed E-state index contributed by atoms with van der Waals surface area (Å²) in [7, 11) is 0. The first-order valence-electron chi connectivity index (χ1n) is 13.2. The third kappa shape index (κ3) is 6.72. The van der Waals surface area contributed by atoms with Crippen LogP contribution in [0.5, 0.6) is 0 Å². The number of hydrogen-bond donors (Lipinski definition) is 4. The Hall–Kier alpha value is -5.04. The van der Waals surface area contributed by atoms with Crippen molar-refractivity contribution in [2.45, 2.75) is 25.1 Å². The number of rotatable bonds is 10. The van der Waals surface area contributed by atoms with E-state index in [0.717, 1.165) is 31.0 Å². The van der Waals surface area contributed by atoms with Gasteiger partial charge in [-0.2, -0.15) is 18.3 Å². The molecule has 9 nitrogen and oxygen atoms in total. The molecule has 13 heteroatoms. The number of nitrogens with one attached hydrogen (secondary N) is 3. The Morgan fingerprint density at radius 1 is 1.05 bits per heavy atom. The van der Waals surface area contributed by atoms with E-state index >= 15 is 0 Å². The molecule has 0 saturated heterocycles. The lowest BCUT2D eigenvalue weighted by molar-refractivity contribution is -0.141. The molecule has 1 heterocycles. The van der Waals surface area contributed by atoms with Crippen LogP contribution in [0.15, 0.2) is 78.9 Å². The molecular weight excluding hydrogens is 568 g/mol. The average Bonchev–Trinajstić information content (AvgIpc) is 3.69. The van der Waals surface area contributed by atoms with E-state index in [1.54, 1.807) is 6.07 Å². The second kappa shape index (κ2) is 12.1. The smallest absolute Gasteiger partial charge is 0.435 e. The number of amides is 2. The van der Waals surface area contributed by atoms with E-state index in [0.29, 0.717) is 33.5 Å². The van der Waals surface area contributed by atoms with E-state index in [2.05, 4.69) is 15.7 Å². The van der Waals surface area contributed by atoms with Crippen LogP contribution in [0.2, 0.25) is 0 Å². The Morgan fingerprint density at radius 3 is 2.44 bits per heavy atom. The lowest BCUT2D eigenvalue weighted by atomic mass is 9.97. The number of aromatic nitrogens is 2. The SMILES string of the molecule is N=CN(C(=O)O)c1cccc(-n2nc(C(F)(F)F)cc2C(=O)Nc2cc(C(NCC3CC3)c3ccccc3)ccc2F)c1. The minimum atomic E-state index is -4.92. The number of hydrogen-bond acceptors (Lipinski definition) is 5. The molecule has 1 aromatic heterocycles. The quantitative estimate of drug-likeness (QED) is 0.0953. The van der Waals surface area contributed by atoms with Crippen molar-refractivity contribution in [3.63, 3.8) is 0 Å². The van der Waals surface area contributed by atoms with Crippen molar-refractivity contribution in [2.75, 3.05) is 16.8 Å². The standard InChI is InChI=1S/C30H26F4N6O3/c31-23-12-11-20(27(36-16-18-9-10-18)19-5-2-1-3-6-19)13-24(23)37-28(41)25-15-26(30(32,33)34)38-40(25)22-8-4-7-21(14-22)39(17-35)29(42)43/h1-8,11-15,17-18,27,35-36H,9-10,16H2,(H,37,41)(H,42,43). The number of nitrogens with zero attached hydrogens (tertiary/aromatic N) is 3. The van der Waals surface area contributed by atoms with Crippen molar-refractivity contribution in [1.29, 1.82) is 5.41 Å². The summed E-state index contributed by atoms with van der Waals surface area (Å²) in [6.07, 6.45) is -3.67. The molecule has 4 aromatic rings. The number of alkyl halides is 3. The normalized spacial score (nSPS) is 13.8. The van der Waals surface area contributed by atoms with Gasteiger partial charge in [-0.05, 0) is 66.8 Å². The van der Waals surface area contributed by atoms with E-state index < -0.39 is 35.4 Å². The Bertz CT molecular complexity index is 1650. The number of carbonyl (C=O) groups is 2. The summed E-state index contributed by atoms with van der Waals surface area (Å²) >= 11 is 0. The first-order valence-corrected chi connectivity index (χ1v) is 13.2. The van der Waals surface area contributed by atoms with Gasteiger partial charge in [-0.1, -0.05) is 42.5 Å². The maximum atomic E-state index is 15.0. The van der Waals surface area contributed by atoms with Gasteiger partial charge in [-0.25, -0.2) is 18.8 Å². The van der Waals surface area contributed by atoms with Crippen molar-refractivity contribution >= 4 is 29.7 Å². The van der Waals surface area contributed by atoms with E-state index in [9.17, 15) is 32.3 Å². The highest BCUT2D eigenvalue weighted by molar-refractivity contribution is 6.04. The van der Waals surface area contributed by atoms with Crippen molar-refractivity contribution in [3.8, 4) is 5.69 Å². The molecule has 0 bridgehead atoms. The van der Waals surface area contributed by atoms with Gasteiger partial charge in [0.1, 0.15) is 11.5 Å². The van der Waals surface area contributed by atoms with Gasteiger partial charge in [0, 0.05) is 6.07 Å². The average molecular weight is 595 g/mol. The molecule has 1 saturated carbocycles. The highest BCUT2D eigenvalue weighted by Crippen LogP contribution is 2.33. The molecule has 3 aromatic carbocycles. The van der Waals surface area contributed by atoms with Crippen LogP contribution in [-0.4, -0.2) is 39.8 Å². The minimum absolute atomic E-state index is 0.0696.